The van der Waals surface area contributed by atoms with Crippen LogP contribution in [0, 0.1) is 0 Å². The van der Waals surface area contributed by atoms with Crippen molar-refractivity contribution in [1.29, 1.82) is 0 Å². The number of carbonyl (C=O) groups is 1. The Balaban J connectivity index is 1.56. The number of carbonyl (C=O) groups excluding carboxylic acids is 1. The van der Waals surface area contributed by atoms with E-state index in [1.165, 1.54) is 5.56 Å². The van der Waals surface area contributed by atoms with Crippen molar-refractivity contribution in [1.82, 2.24) is 20.4 Å². The first-order valence-corrected chi connectivity index (χ1v) is 11.1. The number of rotatable bonds is 7. The minimum atomic E-state index is 0.00920. The maximum atomic E-state index is 12.0. The van der Waals surface area contributed by atoms with Gasteiger partial charge in [-0.2, -0.15) is 0 Å². The topological polar surface area (TPSA) is 60.0 Å². The SMILES string of the molecule is CN(C)C(=O)CNC(=NCc1cccc(Cl)c1)NC1CCN(Cc2ccccc2)CC1. The Labute approximate surface area is 190 Å². The molecule has 3 rings (SSSR count). The lowest BCUT2D eigenvalue weighted by Crippen LogP contribution is -2.50. The highest BCUT2D eigenvalue weighted by Gasteiger charge is 2.20. The van der Waals surface area contributed by atoms with Crippen LogP contribution in [0.2, 0.25) is 5.02 Å². The van der Waals surface area contributed by atoms with Gasteiger partial charge in [-0.1, -0.05) is 54.1 Å². The van der Waals surface area contributed by atoms with Gasteiger partial charge in [0.2, 0.25) is 5.91 Å². The van der Waals surface area contributed by atoms with Crippen molar-refractivity contribution in [2.45, 2.75) is 32.0 Å². The third kappa shape index (κ3) is 7.89. The molecule has 7 heteroatoms. The summed E-state index contributed by atoms with van der Waals surface area (Å²) in [5, 5.41) is 7.41. The Bertz CT molecular complexity index is 863. The van der Waals surface area contributed by atoms with Gasteiger partial charge < -0.3 is 15.5 Å². The Hall–Kier alpha value is -2.57. The zero-order chi connectivity index (χ0) is 22.1. The lowest BCUT2D eigenvalue weighted by molar-refractivity contribution is -0.127. The van der Waals surface area contributed by atoms with Gasteiger partial charge in [0.05, 0.1) is 13.1 Å². The highest BCUT2D eigenvalue weighted by Crippen LogP contribution is 2.14. The second-order valence-electron chi connectivity index (χ2n) is 8.12. The molecule has 1 amide bonds. The average molecular weight is 442 g/mol. The minimum absolute atomic E-state index is 0.00920. The Morgan fingerprint density at radius 3 is 2.48 bits per heavy atom. The van der Waals surface area contributed by atoms with Crippen molar-refractivity contribution < 1.29 is 4.79 Å². The van der Waals surface area contributed by atoms with Gasteiger partial charge in [0.25, 0.3) is 0 Å². The van der Waals surface area contributed by atoms with Gasteiger partial charge in [-0.3, -0.25) is 9.69 Å². The molecule has 2 N–H and O–H groups in total. The molecular weight excluding hydrogens is 410 g/mol. The van der Waals surface area contributed by atoms with Crippen LogP contribution in [0.5, 0.6) is 0 Å². The van der Waals surface area contributed by atoms with E-state index in [2.05, 4.69) is 45.9 Å². The molecule has 166 valence electrons. The Kier molecular flexibility index (Phi) is 8.74. The zero-order valence-electron chi connectivity index (χ0n) is 18.4. The number of nitrogens with zero attached hydrogens (tertiary/aromatic N) is 3. The van der Waals surface area contributed by atoms with Gasteiger partial charge in [0, 0.05) is 44.8 Å². The van der Waals surface area contributed by atoms with Gasteiger partial charge in [0.1, 0.15) is 0 Å². The molecule has 1 fully saturated rings. The van der Waals surface area contributed by atoms with E-state index in [1.54, 1.807) is 19.0 Å². The minimum Gasteiger partial charge on any atom is -0.354 e. The first kappa shape index (κ1) is 23.1. The number of hydrogen-bond donors (Lipinski definition) is 2. The van der Waals surface area contributed by atoms with E-state index in [-0.39, 0.29) is 12.5 Å². The van der Waals surface area contributed by atoms with Crippen molar-refractivity contribution in [3.63, 3.8) is 0 Å². The van der Waals surface area contributed by atoms with Gasteiger partial charge in [-0.15, -0.1) is 0 Å². The molecule has 31 heavy (non-hydrogen) atoms. The monoisotopic (exact) mass is 441 g/mol. The van der Waals surface area contributed by atoms with E-state index in [9.17, 15) is 4.79 Å². The summed E-state index contributed by atoms with van der Waals surface area (Å²) < 4.78 is 0. The molecule has 1 heterocycles. The highest BCUT2D eigenvalue weighted by molar-refractivity contribution is 6.30. The zero-order valence-corrected chi connectivity index (χ0v) is 19.1. The number of halogens is 1. The van der Waals surface area contributed by atoms with Crippen LogP contribution < -0.4 is 10.6 Å². The molecule has 2 aromatic rings. The second-order valence-corrected chi connectivity index (χ2v) is 8.55. The van der Waals surface area contributed by atoms with Crippen LogP contribution in [-0.2, 0) is 17.9 Å². The fourth-order valence-electron chi connectivity index (χ4n) is 3.55. The number of piperidine rings is 1. The Morgan fingerprint density at radius 2 is 1.81 bits per heavy atom. The quantitative estimate of drug-likeness (QED) is 0.512. The first-order chi connectivity index (χ1) is 15.0. The largest absolute Gasteiger partial charge is 0.354 e. The van der Waals surface area contributed by atoms with Crippen LogP contribution in [0.25, 0.3) is 0 Å². The number of aliphatic imine (C=N–C) groups is 1. The van der Waals surface area contributed by atoms with E-state index in [0.29, 0.717) is 23.6 Å². The van der Waals surface area contributed by atoms with Crippen LogP contribution in [0.3, 0.4) is 0 Å². The molecule has 0 bridgehead atoms. The summed E-state index contributed by atoms with van der Waals surface area (Å²) in [6.45, 7) is 3.76. The van der Waals surface area contributed by atoms with Gasteiger partial charge in [0.15, 0.2) is 5.96 Å². The number of hydrogen-bond acceptors (Lipinski definition) is 3. The average Bonchev–Trinajstić information content (AvgIpc) is 2.77. The molecule has 0 spiro atoms. The lowest BCUT2D eigenvalue weighted by atomic mass is 10.0. The fraction of sp³-hybridized carbons (Fsp3) is 0.417. The van der Waals surface area contributed by atoms with E-state index >= 15 is 0 Å². The number of likely N-dealkylation sites (N-methyl/N-ethyl adjacent to an activating group) is 1. The summed E-state index contributed by atoms with van der Waals surface area (Å²) in [6.07, 6.45) is 2.07. The fourth-order valence-corrected chi connectivity index (χ4v) is 3.76. The van der Waals surface area contributed by atoms with Crippen LogP contribution in [0.1, 0.15) is 24.0 Å². The van der Waals surface area contributed by atoms with Crippen LogP contribution in [0.4, 0.5) is 0 Å². The smallest absolute Gasteiger partial charge is 0.241 e. The van der Waals surface area contributed by atoms with Crippen LogP contribution >= 0.6 is 11.6 Å². The summed E-state index contributed by atoms with van der Waals surface area (Å²) in [6, 6.07) is 18.6. The lowest BCUT2D eigenvalue weighted by Gasteiger charge is -2.33. The van der Waals surface area contributed by atoms with E-state index < -0.39 is 0 Å². The number of likely N-dealkylation sites (tertiary alicyclic amines) is 1. The summed E-state index contributed by atoms with van der Waals surface area (Å²) in [4.78, 5) is 20.8. The van der Waals surface area contributed by atoms with Crippen molar-refractivity contribution >= 4 is 23.5 Å². The van der Waals surface area contributed by atoms with Crippen molar-refractivity contribution in [2.75, 3.05) is 33.7 Å². The number of nitrogens with one attached hydrogen (secondary N) is 2. The third-order valence-electron chi connectivity index (χ3n) is 5.39. The molecule has 0 saturated carbocycles. The first-order valence-electron chi connectivity index (χ1n) is 10.8. The van der Waals surface area contributed by atoms with E-state index in [4.69, 9.17) is 16.6 Å². The summed E-state index contributed by atoms with van der Waals surface area (Å²) >= 11 is 6.09. The molecule has 1 saturated heterocycles. The molecule has 0 aromatic heterocycles. The normalized spacial score (nSPS) is 15.5. The third-order valence-corrected chi connectivity index (χ3v) is 5.63. The highest BCUT2D eigenvalue weighted by atomic mass is 35.5. The van der Waals surface area contributed by atoms with Gasteiger partial charge in [-0.05, 0) is 36.1 Å². The molecule has 0 aliphatic carbocycles. The summed E-state index contributed by atoms with van der Waals surface area (Å²) in [7, 11) is 3.51. The molecule has 0 unspecified atom stereocenters. The second kappa shape index (κ2) is 11.7. The van der Waals surface area contributed by atoms with Crippen molar-refractivity contribution in [3.8, 4) is 0 Å². The Morgan fingerprint density at radius 1 is 1.10 bits per heavy atom. The molecule has 1 aliphatic rings. The van der Waals surface area contributed by atoms with Crippen molar-refractivity contribution in [3.05, 3.63) is 70.7 Å². The molecule has 0 radical (unpaired) electrons. The molecule has 2 aromatic carbocycles. The van der Waals surface area contributed by atoms with Gasteiger partial charge in [-0.25, -0.2) is 4.99 Å². The maximum Gasteiger partial charge on any atom is 0.241 e. The molecule has 1 aliphatic heterocycles. The van der Waals surface area contributed by atoms with Gasteiger partial charge >= 0.3 is 0 Å². The summed E-state index contributed by atoms with van der Waals surface area (Å²) in [5.74, 6) is 0.673. The number of guanidine groups is 1. The predicted octanol–water partition coefficient (Wildman–Crippen LogP) is 3.13. The van der Waals surface area contributed by atoms with Crippen LogP contribution in [-0.4, -0.2) is 61.4 Å². The molecular formula is C24H32ClN5O. The van der Waals surface area contributed by atoms with E-state index in [1.807, 2.05) is 24.3 Å². The number of benzene rings is 2. The van der Waals surface area contributed by atoms with Crippen molar-refractivity contribution in [2.24, 2.45) is 4.99 Å². The van der Waals surface area contributed by atoms with E-state index in [0.717, 1.165) is 38.0 Å². The van der Waals surface area contributed by atoms with Crippen LogP contribution in [0.15, 0.2) is 59.6 Å². The maximum absolute atomic E-state index is 12.0. The number of amides is 1. The molecule has 0 atom stereocenters. The molecule has 6 nitrogen and oxygen atoms in total. The predicted molar refractivity (Wildman–Crippen MR) is 127 cm³/mol. The standard InChI is InChI=1S/C24H32ClN5O/c1-29(2)23(31)17-27-24(26-16-20-9-6-10-21(25)15-20)28-22-11-13-30(14-12-22)18-19-7-4-3-5-8-19/h3-10,15,22H,11-14,16-18H2,1-2H3,(H2,26,27,28). The summed E-state index contributed by atoms with van der Waals surface area (Å²) in [5.41, 5.74) is 2.38.